The molecular formula is C27H23F3N6O3. The Kier molecular flexibility index (Phi) is 5.82. The Morgan fingerprint density at radius 2 is 2.10 bits per heavy atom. The number of aromatic nitrogens is 3. The van der Waals surface area contributed by atoms with Crippen LogP contribution in [0.1, 0.15) is 62.5 Å². The molecule has 2 aromatic heterocycles. The van der Waals surface area contributed by atoms with Crippen LogP contribution in [0.25, 0.3) is 5.82 Å². The first-order valence-electron chi connectivity index (χ1n) is 12.6. The van der Waals surface area contributed by atoms with E-state index in [1.807, 2.05) is 6.07 Å². The normalized spacial score (nSPS) is 19.7. The summed E-state index contributed by atoms with van der Waals surface area (Å²) in [6.07, 6.45) is 0.340. The number of halogens is 3. The molecule has 0 bridgehead atoms. The second kappa shape index (κ2) is 9.11. The van der Waals surface area contributed by atoms with E-state index in [9.17, 15) is 22.8 Å². The fourth-order valence-corrected chi connectivity index (χ4v) is 5.33. The molecular weight excluding hydrogens is 513 g/mol. The summed E-state index contributed by atoms with van der Waals surface area (Å²) in [5.41, 5.74) is 1.75. The van der Waals surface area contributed by atoms with E-state index >= 15 is 0 Å². The fourth-order valence-electron chi connectivity index (χ4n) is 5.33. The van der Waals surface area contributed by atoms with Crippen molar-refractivity contribution in [2.24, 2.45) is 5.92 Å². The molecule has 1 aromatic carbocycles. The van der Waals surface area contributed by atoms with E-state index in [2.05, 4.69) is 20.7 Å². The first-order chi connectivity index (χ1) is 18.7. The van der Waals surface area contributed by atoms with Crippen LogP contribution in [0.3, 0.4) is 0 Å². The molecule has 6 rings (SSSR count). The summed E-state index contributed by atoms with van der Waals surface area (Å²) < 4.78 is 44.0. The summed E-state index contributed by atoms with van der Waals surface area (Å²) in [4.78, 5) is 31.2. The number of aryl methyl sites for hydroxylation is 1. The van der Waals surface area contributed by atoms with Crippen molar-refractivity contribution in [3.8, 4) is 17.6 Å². The van der Waals surface area contributed by atoms with Crippen molar-refractivity contribution in [1.29, 1.82) is 5.26 Å². The zero-order valence-electron chi connectivity index (χ0n) is 20.6. The molecule has 1 atom stereocenters. The van der Waals surface area contributed by atoms with Crippen LogP contribution in [-0.2, 0) is 18.4 Å². The Labute approximate surface area is 221 Å². The van der Waals surface area contributed by atoms with Gasteiger partial charge in [0.2, 0.25) is 0 Å². The zero-order chi connectivity index (χ0) is 27.4. The van der Waals surface area contributed by atoms with Gasteiger partial charge in [0.05, 0.1) is 22.4 Å². The lowest BCUT2D eigenvalue weighted by Gasteiger charge is -2.35. The Hall–Kier alpha value is -4.40. The predicted octanol–water partition coefficient (Wildman–Crippen LogP) is 3.35. The van der Waals surface area contributed by atoms with Crippen molar-refractivity contribution in [2.45, 2.75) is 43.8 Å². The minimum absolute atomic E-state index is 0.0735. The molecule has 1 saturated carbocycles. The number of hydrogen-bond acceptors (Lipinski definition) is 6. The molecule has 12 heteroatoms. The van der Waals surface area contributed by atoms with Crippen LogP contribution < -0.4 is 15.4 Å². The number of nitriles is 1. The number of nitrogens with zero attached hydrogens (tertiary/aromatic N) is 4. The molecule has 1 aliphatic heterocycles. The van der Waals surface area contributed by atoms with Gasteiger partial charge in [-0.25, -0.2) is 9.67 Å². The SMILES string of the molecule is N#Cc1ccc(-n2nc3c(c2C(=O)NCC2CC2)C(=O)N[C@@]2(CCc4cc(OCC(F)(F)F)ccc42)C3)nc1. The van der Waals surface area contributed by atoms with E-state index in [1.54, 1.807) is 24.3 Å². The van der Waals surface area contributed by atoms with Gasteiger partial charge < -0.3 is 15.4 Å². The van der Waals surface area contributed by atoms with E-state index in [1.165, 1.54) is 16.9 Å². The van der Waals surface area contributed by atoms with E-state index in [-0.39, 0.29) is 23.4 Å². The number of carbonyl (C=O) groups is 2. The number of fused-ring (bicyclic) bond motifs is 3. The number of benzene rings is 1. The van der Waals surface area contributed by atoms with Gasteiger partial charge in [-0.3, -0.25) is 9.59 Å². The van der Waals surface area contributed by atoms with Gasteiger partial charge in [0.25, 0.3) is 11.8 Å². The number of hydrogen-bond donors (Lipinski definition) is 2. The van der Waals surface area contributed by atoms with E-state index in [4.69, 9.17) is 10.00 Å². The second-order valence-electron chi connectivity index (χ2n) is 10.2. The maximum Gasteiger partial charge on any atom is 0.422 e. The minimum atomic E-state index is -4.45. The van der Waals surface area contributed by atoms with Crippen LogP contribution in [-0.4, -0.2) is 45.9 Å². The molecule has 9 nitrogen and oxygen atoms in total. The van der Waals surface area contributed by atoms with Crippen LogP contribution in [0, 0.1) is 17.2 Å². The lowest BCUT2D eigenvalue weighted by molar-refractivity contribution is -0.153. The number of nitrogens with one attached hydrogen (secondary N) is 2. The highest BCUT2D eigenvalue weighted by molar-refractivity contribution is 6.08. The van der Waals surface area contributed by atoms with E-state index in [0.717, 1.165) is 24.0 Å². The minimum Gasteiger partial charge on any atom is -0.484 e. The predicted molar refractivity (Wildman–Crippen MR) is 130 cm³/mol. The standard InChI is InChI=1S/C27H23F3N6O3/c28-27(29,30)14-39-18-4-5-19-17(9-18)7-8-26(19)10-20-22(24(37)34-26)23(25(38)33-12-15-1-2-15)36(35-20)21-6-3-16(11-31)13-32-21/h3-6,9,13,15H,1-2,7-8,10,12,14H2,(H,33,38)(H,34,37)/t26-/m0/s1. The summed E-state index contributed by atoms with van der Waals surface area (Å²) in [6.45, 7) is -0.888. The monoisotopic (exact) mass is 536 g/mol. The molecule has 1 fully saturated rings. The van der Waals surface area contributed by atoms with Gasteiger partial charge >= 0.3 is 6.18 Å². The summed E-state index contributed by atoms with van der Waals surface area (Å²) >= 11 is 0. The first kappa shape index (κ1) is 24.9. The summed E-state index contributed by atoms with van der Waals surface area (Å²) in [6, 6.07) is 9.85. The maximum atomic E-state index is 13.6. The highest BCUT2D eigenvalue weighted by Gasteiger charge is 2.47. The van der Waals surface area contributed by atoms with Crippen molar-refractivity contribution in [2.75, 3.05) is 13.2 Å². The Morgan fingerprint density at radius 1 is 1.28 bits per heavy atom. The van der Waals surface area contributed by atoms with Gasteiger partial charge in [-0.1, -0.05) is 6.07 Å². The molecule has 39 heavy (non-hydrogen) atoms. The third-order valence-corrected chi connectivity index (χ3v) is 7.38. The van der Waals surface area contributed by atoms with Gasteiger partial charge in [0, 0.05) is 19.2 Å². The van der Waals surface area contributed by atoms with Crippen molar-refractivity contribution in [3.05, 3.63) is 70.2 Å². The van der Waals surface area contributed by atoms with Crippen LogP contribution in [0.5, 0.6) is 5.75 Å². The molecule has 2 aliphatic carbocycles. The van der Waals surface area contributed by atoms with Crippen LogP contribution in [0.2, 0.25) is 0 Å². The Balaban J connectivity index is 1.36. The number of alkyl halides is 3. The van der Waals surface area contributed by atoms with Crippen LogP contribution in [0.4, 0.5) is 13.2 Å². The average molecular weight is 537 g/mol. The van der Waals surface area contributed by atoms with Crippen LogP contribution in [0.15, 0.2) is 36.5 Å². The summed E-state index contributed by atoms with van der Waals surface area (Å²) in [7, 11) is 0. The third kappa shape index (κ3) is 4.69. The molecule has 0 unspecified atom stereocenters. The molecule has 3 heterocycles. The second-order valence-corrected chi connectivity index (χ2v) is 10.2. The molecule has 0 radical (unpaired) electrons. The lowest BCUT2D eigenvalue weighted by atomic mass is 9.82. The summed E-state index contributed by atoms with van der Waals surface area (Å²) in [5.74, 6) is -0.0766. The van der Waals surface area contributed by atoms with Gasteiger partial charge in [0.1, 0.15) is 17.5 Å². The molecule has 200 valence electrons. The zero-order valence-corrected chi connectivity index (χ0v) is 20.6. The Bertz CT molecular complexity index is 1520. The Morgan fingerprint density at radius 3 is 2.79 bits per heavy atom. The number of pyridine rings is 1. The lowest BCUT2D eigenvalue weighted by Crippen LogP contribution is -2.50. The van der Waals surface area contributed by atoms with Gasteiger partial charge in [-0.05, 0) is 67.0 Å². The van der Waals surface area contributed by atoms with E-state index < -0.39 is 30.1 Å². The first-order valence-corrected chi connectivity index (χ1v) is 12.6. The average Bonchev–Trinajstić information content (AvgIpc) is 3.58. The largest absolute Gasteiger partial charge is 0.484 e. The molecule has 2 N–H and O–H groups in total. The molecule has 3 aliphatic rings. The van der Waals surface area contributed by atoms with Crippen molar-refractivity contribution < 1.29 is 27.5 Å². The van der Waals surface area contributed by atoms with Crippen molar-refractivity contribution in [1.82, 2.24) is 25.4 Å². The van der Waals surface area contributed by atoms with E-state index in [0.29, 0.717) is 42.4 Å². The van der Waals surface area contributed by atoms with Crippen molar-refractivity contribution >= 4 is 11.8 Å². The van der Waals surface area contributed by atoms with Crippen LogP contribution >= 0.6 is 0 Å². The highest BCUT2D eigenvalue weighted by Crippen LogP contribution is 2.44. The number of ether oxygens (including phenoxy) is 1. The molecule has 2 amide bonds. The molecule has 3 aromatic rings. The van der Waals surface area contributed by atoms with Crippen molar-refractivity contribution in [3.63, 3.8) is 0 Å². The number of amides is 2. The topological polar surface area (TPSA) is 122 Å². The molecule has 0 saturated heterocycles. The number of rotatable bonds is 6. The fraction of sp³-hybridized carbons (Fsp3) is 0.370. The third-order valence-electron chi connectivity index (χ3n) is 7.38. The van der Waals surface area contributed by atoms with Gasteiger partial charge in [-0.15, -0.1) is 0 Å². The highest BCUT2D eigenvalue weighted by atomic mass is 19.4. The quantitative estimate of drug-likeness (QED) is 0.499. The molecule has 1 spiro atoms. The van der Waals surface area contributed by atoms with Gasteiger partial charge in [-0.2, -0.15) is 23.5 Å². The maximum absolute atomic E-state index is 13.6. The number of carbonyl (C=O) groups excluding carboxylic acids is 2. The smallest absolute Gasteiger partial charge is 0.422 e. The van der Waals surface area contributed by atoms with Gasteiger partial charge in [0.15, 0.2) is 12.4 Å². The summed E-state index contributed by atoms with van der Waals surface area (Å²) in [5, 5.41) is 19.8.